The van der Waals surface area contributed by atoms with E-state index in [9.17, 15) is 32.9 Å². The zero-order valence-corrected chi connectivity index (χ0v) is 16.7. The summed E-state index contributed by atoms with van der Waals surface area (Å²) in [6.07, 6.45) is -4.57. The van der Waals surface area contributed by atoms with E-state index < -0.39 is 28.5 Å². The number of hydrogen-bond donors (Lipinski definition) is 2. The van der Waals surface area contributed by atoms with Crippen LogP contribution < -0.4 is 15.9 Å². The Labute approximate surface area is 179 Å². The van der Waals surface area contributed by atoms with E-state index in [0.29, 0.717) is 0 Å². The molecule has 3 rings (SSSR count). The molecule has 1 aliphatic heterocycles. The van der Waals surface area contributed by atoms with Crippen molar-refractivity contribution in [2.75, 3.05) is 5.01 Å². The molecule has 0 atom stereocenters. The highest BCUT2D eigenvalue weighted by atomic mass is 19.4. The molecule has 166 valence electrons. The molecule has 0 fully saturated rings. The molecular formula is C20H16F3N5O4. The number of anilines is 1. The Morgan fingerprint density at radius 1 is 1.12 bits per heavy atom. The third kappa shape index (κ3) is 4.58. The number of carbonyl (C=O) groups excluding carboxylic acids is 2. The molecule has 2 aromatic rings. The number of halogens is 3. The maximum Gasteiger partial charge on any atom is 0.416 e. The van der Waals surface area contributed by atoms with E-state index >= 15 is 0 Å². The van der Waals surface area contributed by atoms with Crippen molar-refractivity contribution in [3.63, 3.8) is 0 Å². The van der Waals surface area contributed by atoms with Gasteiger partial charge in [0, 0.05) is 23.4 Å². The molecular weight excluding hydrogens is 431 g/mol. The molecule has 1 aliphatic rings. The van der Waals surface area contributed by atoms with Crippen molar-refractivity contribution < 1.29 is 27.7 Å². The summed E-state index contributed by atoms with van der Waals surface area (Å²) in [4.78, 5) is 35.1. The first-order valence-corrected chi connectivity index (χ1v) is 9.08. The lowest BCUT2D eigenvalue weighted by molar-refractivity contribution is -0.384. The number of non-ortho nitro benzene ring substituents is 1. The molecule has 0 spiro atoms. The van der Waals surface area contributed by atoms with E-state index in [1.807, 2.05) is 0 Å². The highest BCUT2D eigenvalue weighted by Crippen LogP contribution is 2.33. The number of allylic oxidation sites excluding steroid dienone is 1. The first kappa shape index (κ1) is 22.5. The number of nitro groups is 1. The van der Waals surface area contributed by atoms with Crippen molar-refractivity contribution in [3.05, 3.63) is 81.0 Å². The van der Waals surface area contributed by atoms with E-state index in [1.54, 1.807) is 0 Å². The summed E-state index contributed by atoms with van der Waals surface area (Å²) < 4.78 is 38.9. The van der Waals surface area contributed by atoms with Crippen LogP contribution >= 0.6 is 0 Å². The van der Waals surface area contributed by atoms with Gasteiger partial charge in [0.15, 0.2) is 0 Å². The smallest absolute Gasteiger partial charge is 0.302 e. The van der Waals surface area contributed by atoms with Crippen LogP contribution in [0.2, 0.25) is 0 Å². The number of alkyl halides is 3. The van der Waals surface area contributed by atoms with Crippen molar-refractivity contribution in [1.82, 2.24) is 10.9 Å². The van der Waals surface area contributed by atoms with Crippen LogP contribution in [-0.4, -0.2) is 22.4 Å². The topological polar surface area (TPSA) is 117 Å². The fourth-order valence-corrected chi connectivity index (χ4v) is 2.95. The normalized spacial score (nSPS) is 15.3. The van der Waals surface area contributed by atoms with Crippen molar-refractivity contribution in [2.45, 2.75) is 20.0 Å². The number of hydrazone groups is 1. The van der Waals surface area contributed by atoms with Crippen LogP contribution in [0.4, 0.5) is 24.5 Å². The van der Waals surface area contributed by atoms with Crippen LogP contribution in [-0.2, 0) is 11.0 Å². The maximum absolute atomic E-state index is 13.0. The Kier molecular flexibility index (Phi) is 5.96. The number of hydrogen-bond acceptors (Lipinski definition) is 6. The Hall–Kier alpha value is -4.22. The maximum atomic E-state index is 13.0. The summed E-state index contributed by atoms with van der Waals surface area (Å²) in [6.45, 7) is 2.99. The first-order valence-electron chi connectivity index (χ1n) is 9.08. The quantitative estimate of drug-likeness (QED) is 0.413. The molecule has 0 radical (unpaired) electrons. The molecule has 0 aliphatic carbocycles. The molecule has 1 heterocycles. The molecule has 0 aromatic heterocycles. The van der Waals surface area contributed by atoms with Crippen LogP contribution in [0.5, 0.6) is 0 Å². The summed E-state index contributed by atoms with van der Waals surface area (Å²) in [5, 5.41) is 15.6. The molecule has 0 unspecified atom stereocenters. The lowest BCUT2D eigenvalue weighted by atomic mass is 10.1. The lowest BCUT2D eigenvalue weighted by Crippen LogP contribution is -2.37. The summed E-state index contributed by atoms with van der Waals surface area (Å²) in [5.74, 6) is -1.29. The minimum absolute atomic E-state index is 0.0538. The number of benzene rings is 2. The minimum Gasteiger partial charge on any atom is -0.302 e. The van der Waals surface area contributed by atoms with E-state index in [4.69, 9.17) is 0 Å². The number of rotatable bonds is 5. The Balaban J connectivity index is 1.75. The van der Waals surface area contributed by atoms with Crippen LogP contribution in [0.3, 0.4) is 0 Å². The largest absolute Gasteiger partial charge is 0.416 e. The van der Waals surface area contributed by atoms with Gasteiger partial charge >= 0.3 is 6.18 Å². The Bertz CT molecular complexity index is 1160. The molecule has 2 amide bonds. The third-order valence-corrected chi connectivity index (χ3v) is 4.51. The molecule has 0 bridgehead atoms. The summed E-state index contributed by atoms with van der Waals surface area (Å²) in [7, 11) is 0. The van der Waals surface area contributed by atoms with Gasteiger partial charge in [0.05, 0.1) is 27.5 Å². The van der Waals surface area contributed by atoms with Crippen molar-refractivity contribution >= 4 is 28.9 Å². The summed E-state index contributed by atoms with van der Waals surface area (Å²) in [5.41, 5.74) is 4.43. The molecule has 0 saturated carbocycles. The number of hydrazine groups is 1. The van der Waals surface area contributed by atoms with Gasteiger partial charge in [-0.25, -0.2) is 0 Å². The van der Waals surface area contributed by atoms with Gasteiger partial charge in [-0.15, -0.1) is 0 Å². The third-order valence-electron chi connectivity index (χ3n) is 4.51. The van der Waals surface area contributed by atoms with Gasteiger partial charge in [-0.1, -0.05) is 6.07 Å². The average molecular weight is 447 g/mol. The second-order valence-corrected chi connectivity index (χ2v) is 6.73. The predicted octanol–water partition coefficient (Wildman–Crippen LogP) is 3.54. The Morgan fingerprint density at radius 3 is 2.38 bits per heavy atom. The number of nitrogens with one attached hydrogen (secondary N) is 2. The van der Waals surface area contributed by atoms with Gasteiger partial charge in [0.1, 0.15) is 0 Å². The van der Waals surface area contributed by atoms with E-state index in [-0.39, 0.29) is 33.9 Å². The molecule has 12 heteroatoms. The van der Waals surface area contributed by atoms with Crippen molar-refractivity contribution in [1.29, 1.82) is 0 Å². The van der Waals surface area contributed by atoms with Gasteiger partial charge in [-0.05, 0) is 44.2 Å². The van der Waals surface area contributed by atoms with Crippen LogP contribution in [0.1, 0.15) is 29.8 Å². The average Bonchev–Trinajstić information content (AvgIpc) is 3.05. The zero-order chi connectivity index (χ0) is 23.6. The summed E-state index contributed by atoms with van der Waals surface area (Å²) in [6, 6.07) is 9.07. The SMILES string of the molecule is CC1=NN(c2cccc(C(F)(F)F)c2)C(=O)/C1=C(/C)NNC(=O)c1ccc([N+](=O)[O-])cc1. The second kappa shape index (κ2) is 8.49. The predicted molar refractivity (Wildman–Crippen MR) is 108 cm³/mol. The highest BCUT2D eigenvalue weighted by Gasteiger charge is 2.34. The second-order valence-electron chi connectivity index (χ2n) is 6.73. The van der Waals surface area contributed by atoms with Crippen LogP contribution in [0.15, 0.2) is 64.9 Å². The number of carbonyl (C=O) groups is 2. The van der Waals surface area contributed by atoms with Gasteiger partial charge in [0.25, 0.3) is 17.5 Å². The molecule has 32 heavy (non-hydrogen) atoms. The van der Waals surface area contributed by atoms with E-state index in [2.05, 4.69) is 16.0 Å². The Morgan fingerprint density at radius 2 is 1.78 bits per heavy atom. The number of amides is 2. The number of nitro benzene ring substituents is 1. The van der Waals surface area contributed by atoms with Crippen molar-refractivity contribution in [2.24, 2.45) is 5.10 Å². The van der Waals surface area contributed by atoms with Gasteiger partial charge in [-0.3, -0.25) is 25.1 Å². The number of nitrogens with zero attached hydrogens (tertiary/aromatic N) is 3. The summed E-state index contributed by atoms with van der Waals surface area (Å²) >= 11 is 0. The molecule has 2 N–H and O–H groups in total. The fraction of sp³-hybridized carbons (Fsp3) is 0.150. The van der Waals surface area contributed by atoms with Gasteiger partial charge in [-0.2, -0.15) is 23.3 Å². The van der Waals surface area contributed by atoms with E-state index in [0.717, 1.165) is 17.1 Å². The lowest BCUT2D eigenvalue weighted by Gasteiger charge is -2.15. The monoisotopic (exact) mass is 447 g/mol. The van der Waals surface area contributed by atoms with Gasteiger partial charge < -0.3 is 5.43 Å². The van der Waals surface area contributed by atoms with E-state index in [1.165, 1.54) is 50.2 Å². The minimum atomic E-state index is -4.57. The highest BCUT2D eigenvalue weighted by molar-refractivity contribution is 6.30. The molecule has 2 aromatic carbocycles. The fourth-order valence-electron chi connectivity index (χ4n) is 2.95. The zero-order valence-electron chi connectivity index (χ0n) is 16.7. The van der Waals surface area contributed by atoms with Gasteiger partial charge in [0.2, 0.25) is 0 Å². The first-order chi connectivity index (χ1) is 15.0. The standard InChI is InChI=1S/C20H16F3N5O4/c1-11(24-25-18(29)13-6-8-15(9-7-13)28(31)32)17-12(2)26-27(19(17)30)16-5-3-4-14(10-16)20(21,22)23/h3-10,24H,1-2H3,(H,25,29)/b17-11-. The van der Waals surface area contributed by atoms with Crippen molar-refractivity contribution in [3.8, 4) is 0 Å². The van der Waals surface area contributed by atoms with Crippen LogP contribution in [0, 0.1) is 10.1 Å². The van der Waals surface area contributed by atoms with Crippen LogP contribution in [0.25, 0.3) is 0 Å². The molecule has 0 saturated heterocycles. The molecule has 9 nitrogen and oxygen atoms in total.